The first-order valence-electron chi connectivity index (χ1n) is 22.9. The third kappa shape index (κ3) is 10.1. The highest BCUT2D eigenvalue weighted by atomic mass is 32.2. The highest BCUT2D eigenvalue weighted by molar-refractivity contribution is 7.99. The van der Waals surface area contributed by atoms with Gasteiger partial charge in [0.2, 0.25) is 17.7 Å². The van der Waals surface area contributed by atoms with Crippen molar-refractivity contribution in [3.05, 3.63) is 90.0 Å². The van der Waals surface area contributed by atoms with Gasteiger partial charge in [-0.05, 0) is 105 Å². The standard InChI is InChI=1S/C50H56F2N4O13S/c1-26(53-46(67)36(13-16-43(64)65)55-40(61)18-20-56-41(62)14-15-42(56)63)45(66)54-28-7-11-31(12-8-28)70-30-9-5-27(6-10-30)47(68-4)69-38-23-32-33-22-35(51)34-21-29(58)17-19-49(34,3)50(33,52)39(60)24-48(32,2)44(38)37(59)25-57/h5-12,14-15,17,19,21,26,32-33,35-36,38-39,44,47,57,60H,13,16,18,20,22-25H2,1-4H3,(H,53,67)(H,54,66)(H,55,61)(H,64,65)/t26-,32-,33-,35-,36-,38+,39-,44-,47+,48-,49-,50-/m0/s1. The number of aliphatic hydroxyl groups is 2. The molecule has 5 amide bonds. The topological polar surface area (TPSA) is 255 Å². The van der Waals surface area contributed by atoms with Gasteiger partial charge in [0.15, 0.2) is 23.5 Å². The second-order valence-electron chi connectivity index (χ2n) is 18.9. The average molecular weight is 991 g/mol. The zero-order valence-corrected chi connectivity index (χ0v) is 39.7. The van der Waals surface area contributed by atoms with Crippen LogP contribution in [0.15, 0.2) is 94.3 Å². The summed E-state index contributed by atoms with van der Waals surface area (Å²) in [5.41, 5.74) is -4.04. The predicted octanol–water partition coefficient (Wildman–Crippen LogP) is 4.08. The van der Waals surface area contributed by atoms with E-state index < -0.39 is 131 Å². The number of carbonyl (C=O) groups is 8. The number of anilines is 1. The fraction of sp³-hybridized carbons (Fsp3) is 0.480. The molecule has 2 aromatic carbocycles. The van der Waals surface area contributed by atoms with Gasteiger partial charge in [0.1, 0.15) is 24.9 Å². The summed E-state index contributed by atoms with van der Waals surface area (Å²) >= 11 is 1.40. The number of imide groups is 1. The first kappa shape index (κ1) is 51.9. The molecule has 4 aliphatic carbocycles. The maximum Gasteiger partial charge on any atom is 0.303 e. The zero-order chi connectivity index (χ0) is 50.9. The number of rotatable bonds is 19. The molecule has 0 radical (unpaired) electrons. The van der Waals surface area contributed by atoms with Crippen molar-refractivity contribution in [3.8, 4) is 0 Å². The number of alkyl halides is 2. The number of benzene rings is 2. The number of carboxylic acids is 1. The van der Waals surface area contributed by atoms with E-state index in [1.165, 1.54) is 44.9 Å². The van der Waals surface area contributed by atoms with E-state index in [1.807, 2.05) is 12.1 Å². The van der Waals surface area contributed by atoms with Crippen molar-refractivity contribution in [2.75, 3.05) is 25.6 Å². The lowest BCUT2D eigenvalue weighted by molar-refractivity contribution is -0.203. The van der Waals surface area contributed by atoms with E-state index in [9.17, 15) is 53.7 Å². The molecular formula is C50H56F2N4O13S. The second-order valence-corrected chi connectivity index (χ2v) is 20.1. The molecule has 0 unspecified atom stereocenters. The SMILES string of the molecule is CO[C@H](O[C@@H]1C[C@H]2[C@@H]3C[C@H](F)C4=CC(=O)C=C[C@]4(C)[C@@]3(F)[C@@H](O)C[C@]2(C)[C@H]1C(=O)CO)c1ccc(Sc2ccc(NC(=O)[C@H](C)NC(=O)[C@H](CCC(=O)O)NC(=O)CCN3C(=O)C=CC3=O)cc2)cc1. The van der Waals surface area contributed by atoms with Gasteiger partial charge in [-0.1, -0.05) is 36.9 Å². The molecule has 374 valence electrons. The van der Waals surface area contributed by atoms with Gasteiger partial charge in [-0.2, -0.15) is 0 Å². The van der Waals surface area contributed by atoms with Crippen molar-refractivity contribution in [1.82, 2.24) is 15.5 Å². The monoisotopic (exact) mass is 990 g/mol. The number of hydrogen-bond donors (Lipinski definition) is 6. The molecule has 3 fully saturated rings. The Hall–Kier alpha value is -5.93. The van der Waals surface area contributed by atoms with Crippen LogP contribution in [0, 0.1) is 28.6 Å². The lowest BCUT2D eigenvalue weighted by atomic mass is 9.45. The number of carboxylic acid groups (broad SMARTS) is 1. The number of nitrogens with one attached hydrogen (secondary N) is 3. The molecule has 0 spiro atoms. The number of nitrogens with zero attached hydrogens (tertiary/aromatic N) is 1. The summed E-state index contributed by atoms with van der Waals surface area (Å²) in [6.07, 6.45) is -0.770. The second kappa shape index (κ2) is 20.8. The van der Waals surface area contributed by atoms with Crippen LogP contribution in [0.25, 0.3) is 0 Å². The number of methoxy groups -OCH3 is 1. The predicted molar refractivity (Wildman–Crippen MR) is 247 cm³/mol. The van der Waals surface area contributed by atoms with Crippen LogP contribution in [-0.2, 0) is 47.8 Å². The highest BCUT2D eigenvalue weighted by Gasteiger charge is 2.73. The number of aliphatic carboxylic acids is 1. The smallest absolute Gasteiger partial charge is 0.303 e. The molecule has 1 heterocycles. The Morgan fingerprint density at radius 3 is 2.16 bits per heavy atom. The van der Waals surface area contributed by atoms with Gasteiger partial charge < -0.3 is 40.7 Å². The molecule has 17 nitrogen and oxygen atoms in total. The van der Waals surface area contributed by atoms with Crippen LogP contribution in [0.3, 0.4) is 0 Å². The number of ketones is 2. The Bertz CT molecular complexity index is 2500. The van der Waals surface area contributed by atoms with Crippen LogP contribution >= 0.6 is 11.8 Å². The minimum absolute atomic E-state index is 0.00638. The van der Waals surface area contributed by atoms with Crippen molar-refractivity contribution in [2.24, 2.45) is 28.6 Å². The quantitative estimate of drug-likeness (QED) is 0.0857. The Balaban J connectivity index is 0.952. The van der Waals surface area contributed by atoms with E-state index in [2.05, 4.69) is 16.0 Å². The summed E-state index contributed by atoms with van der Waals surface area (Å²) in [5, 5.41) is 38.6. The summed E-state index contributed by atoms with van der Waals surface area (Å²) in [6, 6.07) is 11.6. The fourth-order valence-corrected chi connectivity index (χ4v) is 12.0. The maximum absolute atomic E-state index is 17.8. The summed E-state index contributed by atoms with van der Waals surface area (Å²) < 4.78 is 46.1. The molecule has 2 aromatic rings. The molecule has 20 heteroatoms. The molecule has 7 rings (SSSR count). The van der Waals surface area contributed by atoms with Crippen molar-refractivity contribution in [1.29, 1.82) is 0 Å². The van der Waals surface area contributed by atoms with Gasteiger partial charge in [-0.15, -0.1) is 0 Å². The molecule has 12 atom stereocenters. The number of aliphatic hydroxyl groups excluding tert-OH is 2. The lowest BCUT2D eigenvalue weighted by Crippen LogP contribution is -2.68. The van der Waals surface area contributed by atoms with Gasteiger partial charge in [0.05, 0.1) is 18.1 Å². The summed E-state index contributed by atoms with van der Waals surface area (Å²) in [4.78, 5) is 102. The van der Waals surface area contributed by atoms with Gasteiger partial charge >= 0.3 is 5.97 Å². The van der Waals surface area contributed by atoms with Crippen LogP contribution in [0.1, 0.15) is 71.1 Å². The minimum Gasteiger partial charge on any atom is -0.481 e. The first-order chi connectivity index (χ1) is 33.1. The molecular weight excluding hydrogens is 935 g/mol. The normalized spacial score (nSPS) is 30.1. The summed E-state index contributed by atoms with van der Waals surface area (Å²) in [5.74, 6) is -8.16. The van der Waals surface area contributed by atoms with E-state index >= 15 is 8.78 Å². The number of hydrogen-bond acceptors (Lipinski definition) is 13. The summed E-state index contributed by atoms with van der Waals surface area (Å²) in [6.45, 7) is 3.62. The van der Waals surface area contributed by atoms with E-state index in [-0.39, 0.29) is 44.2 Å². The molecule has 0 bridgehead atoms. The molecule has 6 N–H and O–H groups in total. The van der Waals surface area contributed by atoms with Crippen molar-refractivity contribution >= 4 is 64.5 Å². The zero-order valence-electron chi connectivity index (χ0n) is 38.9. The van der Waals surface area contributed by atoms with Crippen LogP contribution in [0.4, 0.5) is 14.5 Å². The third-order valence-corrected chi connectivity index (χ3v) is 15.7. The molecule has 0 saturated heterocycles. The van der Waals surface area contributed by atoms with Gasteiger partial charge in [-0.3, -0.25) is 43.3 Å². The largest absolute Gasteiger partial charge is 0.481 e. The van der Waals surface area contributed by atoms with Crippen LogP contribution in [-0.4, -0.2) is 124 Å². The Morgan fingerprint density at radius 2 is 1.54 bits per heavy atom. The van der Waals surface area contributed by atoms with E-state index in [4.69, 9.17) is 9.47 Å². The van der Waals surface area contributed by atoms with Crippen molar-refractivity contribution < 1.29 is 71.9 Å². The van der Waals surface area contributed by atoms with Crippen LogP contribution in [0.5, 0.6) is 0 Å². The van der Waals surface area contributed by atoms with Crippen LogP contribution in [0.2, 0.25) is 0 Å². The number of allylic oxidation sites excluding steroid dienone is 4. The van der Waals surface area contributed by atoms with E-state index in [0.717, 1.165) is 32.9 Å². The minimum atomic E-state index is -2.35. The Labute approximate surface area is 406 Å². The number of halogens is 2. The molecule has 1 aliphatic heterocycles. The van der Waals surface area contributed by atoms with Crippen molar-refractivity contribution in [2.45, 2.75) is 112 Å². The fourth-order valence-electron chi connectivity index (χ4n) is 11.2. The maximum atomic E-state index is 17.8. The summed E-state index contributed by atoms with van der Waals surface area (Å²) in [7, 11) is 1.43. The Morgan fingerprint density at radius 1 is 0.900 bits per heavy atom. The molecule has 0 aromatic heterocycles. The third-order valence-electron chi connectivity index (χ3n) is 14.7. The van der Waals surface area contributed by atoms with Crippen LogP contribution < -0.4 is 16.0 Å². The number of amides is 5. The van der Waals surface area contributed by atoms with E-state index in [0.29, 0.717) is 11.3 Å². The number of fused-ring (bicyclic) bond motifs is 5. The van der Waals surface area contributed by atoms with Gasteiger partial charge in [0.25, 0.3) is 11.8 Å². The number of ether oxygens (including phenoxy) is 2. The molecule has 3 saturated carbocycles. The highest BCUT2D eigenvalue weighted by Crippen LogP contribution is 2.69. The average Bonchev–Trinajstić information content (AvgIpc) is 3.80. The lowest BCUT2D eigenvalue weighted by Gasteiger charge is -2.62. The molecule has 5 aliphatic rings. The number of Topliss-reactive ketones (excluding diaryl/α,β-unsaturated/α-hetero) is 1. The number of carbonyl (C=O) groups excluding carboxylic acids is 7. The first-order valence-corrected chi connectivity index (χ1v) is 23.8. The van der Waals surface area contributed by atoms with Gasteiger partial charge in [-0.25, -0.2) is 8.78 Å². The Kier molecular flexibility index (Phi) is 15.4. The van der Waals surface area contributed by atoms with E-state index in [1.54, 1.807) is 43.3 Å². The molecule has 70 heavy (non-hydrogen) atoms. The van der Waals surface area contributed by atoms with Gasteiger partial charge in [0, 0.05) is 71.0 Å². The van der Waals surface area contributed by atoms with Crippen molar-refractivity contribution in [3.63, 3.8) is 0 Å².